The minimum Gasteiger partial charge on any atom is -0.378 e. The zero-order chi connectivity index (χ0) is 13.9. The zero-order valence-electron chi connectivity index (χ0n) is 12.4. The van der Waals surface area contributed by atoms with Gasteiger partial charge in [0.15, 0.2) is 0 Å². The maximum atomic E-state index is 12.1. The van der Waals surface area contributed by atoms with E-state index in [0.29, 0.717) is 6.10 Å². The third kappa shape index (κ3) is 3.43. The van der Waals surface area contributed by atoms with Crippen molar-refractivity contribution in [2.45, 2.75) is 57.2 Å². The summed E-state index contributed by atoms with van der Waals surface area (Å²) in [6, 6.07) is -0.0821. The third-order valence-corrected chi connectivity index (χ3v) is 5.37. The number of hydrogen-bond donors (Lipinski definition) is 2. The summed E-state index contributed by atoms with van der Waals surface area (Å²) >= 11 is 1.73. The molecule has 118 valence electrons. The maximum absolute atomic E-state index is 12.1. The lowest BCUT2D eigenvalue weighted by molar-refractivity contribution is -0.176. The van der Waals surface area contributed by atoms with Crippen LogP contribution in [0, 0.1) is 5.41 Å². The Bertz CT molecular complexity index is 326. The first-order valence-corrected chi connectivity index (χ1v) is 8.70. The molecule has 0 saturated heterocycles. The Balaban J connectivity index is 0.00000200. The van der Waals surface area contributed by atoms with Crippen molar-refractivity contribution in [1.29, 1.82) is 0 Å². The normalized spacial score (nSPS) is 27.9. The lowest BCUT2D eigenvalue weighted by Gasteiger charge is -2.61. The van der Waals surface area contributed by atoms with Crippen molar-refractivity contribution in [2.24, 2.45) is 11.1 Å². The molecule has 4 nitrogen and oxygen atoms in total. The fraction of sp³-hybridized carbons (Fsp3) is 0.929. The van der Waals surface area contributed by atoms with Crippen LogP contribution in [-0.4, -0.2) is 42.7 Å². The van der Waals surface area contributed by atoms with E-state index in [2.05, 4.69) is 5.32 Å². The molecule has 0 aromatic carbocycles. The van der Waals surface area contributed by atoms with E-state index in [9.17, 15) is 4.79 Å². The largest absolute Gasteiger partial charge is 0.378 e. The third-order valence-electron chi connectivity index (χ3n) is 4.72. The molecule has 0 aromatic rings. The molecule has 2 saturated carbocycles. The summed E-state index contributed by atoms with van der Waals surface area (Å²) in [5.41, 5.74) is 6.14. The van der Waals surface area contributed by atoms with Gasteiger partial charge in [-0.2, -0.15) is 11.8 Å². The fourth-order valence-corrected chi connectivity index (χ4v) is 3.79. The quantitative estimate of drug-likeness (QED) is 0.752. The van der Waals surface area contributed by atoms with E-state index >= 15 is 0 Å². The minimum absolute atomic E-state index is 0. The smallest absolute Gasteiger partial charge is 0.237 e. The first-order chi connectivity index (χ1) is 9.14. The highest BCUT2D eigenvalue weighted by Crippen LogP contribution is 2.57. The molecule has 2 aliphatic carbocycles. The molecular formula is C14H27ClN2O2S. The van der Waals surface area contributed by atoms with Crippen molar-refractivity contribution in [3.05, 3.63) is 0 Å². The second kappa shape index (κ2) is 7.87. The first kappa shape index (κ1) is 18.1. The van der Waals surface area contributed by atoms with Crippen LogP contribution in [0.15, 0.2) is 0 Å². The van der Waals surface area contributed by atoms with E-state index < -0.39 is 0 Å². The number of amides is 1. The van der Waals surface area contributed by atoms with Gasteiger partial charge in [-0.15, -0.1) is 12.4 Å². The summed E-state index contributed by atoms with van der Waals surface area (Å²) in [7, 11) is 0. The fourth-order valence-electron chi connectivity index (χ4n) is 3.30. The van der Waals surface area contributed by atoms with E-state index in [1.807, 2.05) is 13.2 Å². The summed E-state index contributed by atoms with van der Waals surface area (Å²) in [4.78, 5) is 12.1. The molecule has 1 spiro atoms. The van der Waals surface area contributed by atoms with Crippen molar-refractivity contribution >= 4 is 30.1 Å². The van der Waals surface area contributed by atoms with Gasteiger partial charge in [-0.3, -0.25) is 4.79 Å². The van der Waals surface area contributed by atoms with Gasteiger partial charge in [0.2, 0.25) is 5.91 Å². The van der Waals surface area contributed by atoms with Gasteiger partial charge in [0, 0.05) is 18.1 Å². The maximum Gasteiger partial charge on any atom is 0.237 e. The van der Waals surface area contributed by atoms with Gasteiger partial charge in [0.1, 0.15) is 0 Å². The molecule has 6 heteroatoms. The number of nitrogens with one attached hydrogen (secondary N) is 1. The van der Waals surface area contributed by atoms with Gasteiger partial charge < -0.3 is 15.8 Å². The molecule has 2 unspecified atom stereocenters. The van der Waals surface area contributed by atoms with Crippen molar-refractivity contribution < 1.29 is 9.53 Å². The molecule has 0 aliphatic heterocycles. The number of rotatable bonds is 7. The molecule has 2 rings (SSSR count). The van der Waals surface area contributed by atoms with Crippen molar-refractivity contribution in [3.8, 4) is 0 Å². The van der Waals surface area contributed by atoms with E-state index in [4.69, 9.17) is 10.5 Å². The molecule has 3 N–H and O–H groups in total. The van der Waals surface area contributed by atoms with Crippen LogP contribution < -0.4 is 11.1 Å². The number of nitrogens with two attached hydrogens (primary N) is 1. The standard InChI is InChI=1S/C14H26N2O2S.ClH/c1-3-18-12-9-11(14(12)6-4-7-14)16-13(17)10(15)5-8-19-2;/h10-12H,3-9,15H2,1-2H3,(H,16,17);1H/t10-,11?,12?;/m0./s1. The number of hydrogen-bond acceptors (Lipinski definition) is 4. The van der Waals surface area contributed by atoms with Crippen LogP contribution >= 0.6 is 24.2 Å². The minimum atomic E-state index is -0.365. The van der Waals surface area contributed by atoms with Crippen LogP contribution in [0.3, 0.4) is 0 Å². The number of thioether (sulfide) groups is 1. The van der Waals surface area contributed by atoms with Crippen LogP contribution in [0.2, 0.25) is 0 Å². The molecule has 0 heterocycles. The Kier molecular flexibility index (Phi) is 7.12. The summed E-state index contributed by atoms with van der Waals surface area (Å²) in [6.45, 7) is 2.80. The number of ether oxygens (including phenoxy) is 1. The van der Waals surface area contributed by atoms with Crippen LogP contribution in [0.25, 0.3) is 0 Å². The van der Waals surface area contributed by atoms with Gasteiger partial charge in [0.25, 0.3) is 0 Å². The summed E-state index contributed by atoms with van der Waals surface area (Å²) in [6.07, 6.45) is 7.71. The van der Waals surface area contributed by atoms with E-state index in [-0.39, 0.29) is 35.8 Å². The highest BCUT2D eigenvalue weighted by molar-refractivity contribution is 7.98. The molecule has 0 radical (unpaired) electrons. The van der Waals surface area contributed by atoms with Crippen molar-refractivity contribution in [1.82, 2.24) is 5.32 Å². The molecule has 1 amide bonds. The molecule has 0 bridgehead atoms. The van der Waals surface area contributed by atoms with Crippen LogP contribution in [-0.2, 0) is 9.53 Å². The highest BCUT2D eigenvalue weighted by atomic mass is 35.5. The molecule has 3 atom stereocenters. The van der Waals surface area contributed by atoms with Crippen LogP contribution in [0.1, 0.15) is 39.0 Å². The van der Waals surface area contributed by atoms with E-state index in [0.717, 1.165) is 25.2 Å². The Morgan fingerprint density at radius 2 is 2.25 bits per heavy atom. The van der Waals surface area contributed by atoms with Crippen LogP contribution in [0.5, 0.6) is 0 Å². The summed E-state index contributed by atoms with van der Waals surface area (Å²) in [5, 5.41) is 3.15. The zero-order valence-corrected chi connectivity index (χ0v) is 14.0. The van der Waals surface area contributed by atoms with Crippen LogP contribution in [0.4, 0.5) is 0 Å². The van der Waals surface area contributed by atoms with Gasteiger partial charge in [-0.1, -0.05) is 6.42 Å². The summed E-state index contributed by atoms with van der Waals surface area (Å²) < 4.78 is 5.79. The Hall–Kier alpha value is 0.0300. The van der Waals surface area contributed by atoms with Gasteiger partial charge >= 0.3 is 0 Å². The lowest BCUT2D eigenvalue weighted by atomic mass is 9.51. The Morgan fingerprint density at radius 3 is 2.75 bits per heavy atom. The van der Waals surface area contributed by atoms with Gasteiger partial charge in [0.05, 0.1) is 12.1 Å². The van der Waals surface area contributed by atoms with Crippen molar-refractivity contribution in [2.75, 3.05) is 18.6 Å². The van der Waals surface area contributed by atoms with Crippen molar-refractivity contribution in [3.63, 3.8) is 0 Å². The predicted octanol–water partition coefficient (Wildman–Crippen LogP) is 1.95. The Morgan fingerprint density at radius 1 is 1.55 bits per heavy atom. The summed E-state index contributed by atoms with van der Waals surface area (Å²) in [5.74, 6) is 0.951. The van der Waals surface area contributed by atoms with E-state index in [1.54, 1.807) is 11.8 Å². The monoisotopic (exact) mass is 322 g/mol. The molecule has 0 aromatic heterocycles. The SMILES string of the molecule is CCOC1CC(NC(=O)[C@@H](N)CCSC)C12CCC2.Cl. The van der Waals surface area contributed by atoms with E-state index in [1.165, 1.54) is 19.3 Å². The van der Waals surface area contributed by atoms with Gasteiger partial charge in [-0.05, 0) is 44.6 Å². The number of carbonyl (C=O) groups excluding carboxylic acids is 1. The second-order valence-corrected chi connectivity index (χ2v) is 6.70. The lowest BCUT2D eigenvalue weighted by Crippen LogP contribution is -2.68. The number of halogens is 1. The van der Waals surface area contributed by atoms with Gasteiger partial charge in [-0.25, -0.2) is 0 Å². The predicted molar refractivity (Wildman–Crippen MR) is 86.5 cm³/mol. The topological polar surface area (TPSA) is 64.3 Å². The molecular weight excluding hydrogens is 296 g/mol. The second-order valence-electron chi connectivity index (χ2n) is 5.72. The number of carbonyl (C=O) groups is 1. The highest BCUT2D eigenvalue weighted by Gasteiger charge is 2.59. The average molecular weight is 323 g/mol. The molecule has 2 fully saturated rings. The molecule has 20 heavy (non-hydrogen) atoms. The first-order valence-electron chi connectivity index (χ1n) is 7.30. The Labute approximate surface area is 132 Å². The molecule has 2 aliphatic rings. The average Bonchev–Trinajstić information content (AvgIpc) is 2.32.